The molecule has 1 aliphatic heterocycles. The highest BCUT2D eigenvalue weighted by Crippen LogP contribution is 2.26. The summed E-state index contributed by atoms with van der Waals surface area (Å²) in [6.07, 6.45) is 3.45. The zero-order chi connectivity index (χ0) is 12.3. The fourth-order valence-electron chi connectivity index (χ4n) is 1.98. The van der Waals surface area contributed by atoms with Gasteiger partial charge in [-0.3, -0.25) is 4.79 Å². The topological polar surface area (TPSA) is 26.3 Å². The Morgan fingerprint density at radius 1 is 1.29 bits per heavy atom. The molecule has 90 valence electrons. The number of hydrogen-bond acceptors (Lipinski definition) is 2. The molecule has 0 fully saturated rings. The van der Waals surface area contributed by atoms with Gasteiger partial charge in [0.2, 0.25) is 0 Å². The van der Waals surface area contributed by atoms with Gasteiger partial charge < -0.3 is 4.74 Å². The van der Waals surface area contributed by atoms with Gasteiger partial charge in [-0.25, -0.2) is 0 Å². The lowest BCUT2D eigenvalue weighted by molar-refractivity contribution is -0.123. The maximum Gasteiger partial charge on any atom is 0.178 e. The predicted octanol–water partition coefficient (Wildman–Crippen LogP) is 3.50. The van der Waals surface area contributed by atoms with Crippen LogP contribution in [0.4, 0.5) is 0 Å². The number of Topliss-reactive ketones (excluding diaryl/α,β-unsaturated/α-hetero) is 1. The first kappa shape index (κ1) is 12.6. The van der Waals surface area contributed by atoms with Crippen LogP contribution in [0.15, 0.2) is 40.2 Å². The lowest BCUT2D eigenvalue weighted by Crippen LogP contribution is -2.31. The molecular weight excluding hydrogens is 327 g/mol. The van der Waals surface area contributed by atoms with Gasteiger partial charge in [-0.05, 0) is 41.0 Å². The van der Waals surface area contributed by atoms with Crippen LogP contribution >= 0.6 is 22.6 Å². The van der Waals surface area contributed by atoms with Crippen molar-refractivity contribution in [1.82, 2.24) is 0 Å². The Morgan fingerprint density at radius 2 is 2.00 bits per heavy atom. The van der Waals surface area contributed by atoms with E-state index in [2.05, 4.69) is 12.1 Å². The number of carbonyl (C=O) groups is 1. The normalized spacial score (nSPS) is 24.1. The number of rotatable bonds is 3. The molecule has 1 aromatic carbocycles. The minimum absolute atomic E-state index is 0.0150. The lowest BCUT2D eigenvalue weighted by atomic mass is 9.93. The average Bonchev–Trinajstić information content (AvgIpc) is 2.36. The Labute approximate surface area is 115 Å². The monoisotopic (exact) mass is 342 g/mol. The summed E-state index contributed by atoms with van der Waals surface area (Å²) in [5.74, 6) is 0.172. The van der Waals surface area contributed by atoms with Crippen molar-refractivity contribution in [3.8, 4) is 0 Å². The zero-order valence-corrected chi connectivity index (χ0v) is 11.9. The van der Waals surface area contributed by atoms with Crippen molar-refractivity contribution in [2.75, 3.05) is 0 Å². The van der Waals surface area contributed by atoms with Crippen LogP contribution < -0.4 is 0 Å². The van der Waals surface area contributed by atoms with E-state index >= 15 is 0 Å². The fraction of sp³-hybridized carbons (Fsp3) is 0.357. The Morgan fingerprint density at radius 3 is 2.71 bits per heavy atom. The number of aryl methyl sites for hydroxylation is 1. The summed E-state index contributed by atoms with van der Waals surface area (Å²) in [6, 6.07) is 10.3. The van der Waals surface area contributed by atoms with Gasteiger partial charge >= 0.3 is 0 Å². The van der Waals surface area contributed by atoms with Crippen molar-refractivity contribution in [2.45, 2.75) is 25.9 Å². The highest BCUT2D eigenvalue weighted by atomic mass is 127. The van der Waals surface area contributed by atoms with Gasteiger partial charge in [0, 0.05) is 0 Å². The Kier molecular flexibility index (Phi) is 4.20. The zero-order valence-electron chi connectivity index (χ0n) is 9.73. The highest BCUT2D eigenvalue weighted by Gasteiger charge is 2.30. The molecule has 1 aromatic rings. The second-order valence-corrected chi connectivity index (χ2v) is 5.48. The molecule has 2 atom stereocenters. The minimum Gasteiger partial charge on any atom is -0.496 e. The van der Waals surface area contributed by atoms with Crippen molar-refractivity contribution in [3.63, 3.8) is 0 Å². The van der Waals surface area contributed by atoms with Crippen LogP contribution in [0.1, 0.15) is 18.9 Å². The van der Waals surface area contributed by atoms with E-state index in [0.29, 0.717) is 3.58 Å². The molecule has 0 amide bonds. The summed E-state index contributed by atoms with van der Waals surface area (Å²) in [7, 11) is 0. The van der Waals surface area contributed by atoms with Crippen molar-refractivity contribution in [3.05, 3.63) is 45.7 Å². The predicted molar refractivity (Wildman–Crippen MR) is 75.9 cm³/mol. The summed E-state index contributed by atoms with van der Waals surface area (Å²) < 4.78 is 6.30. The molecule has 0 spiro atoms. The summed E-state index contributed by atoms with van der Waals surface area (Å²) in [6.45, 7) is 1.95. The van der Waals surface area contributed by atoms with Gasteiger partial charge in [0.1, 0.15) is 12.4 Å². The Bertz CT molecular complexity index is 425. The number of halogens is 1. The van der Waals surface area contributed by atoms with Crippen LogP contribution in [0.25, 0.3) is 0 Å². The molecule has 1 heterocycles. The maximum atomic E-state index is 11.8. The van der Waals surface area contributed by atoms with Crippen LogP contribution in [0.3, 0.4) is 0 Å². The van der Waals surface area contributed by atoms with Crippen LogP contribution in [-0.2, 0) is 16.0 Å². The number of hydrogen-bond donors (Lipinski definition) is 0. The first-order chi connectivity index (χ1) is 8.18. The van der Waals surface area contributed by atoms with E-state index < -0.39 is 0 Å². The van der Waals surface area contributed by atoms with Crippen molar-refractivity contribution < 1.29 is 9.53 Å². The molecule has 3 heteroatoms. The number of allylic oxidation sites excluding steroid dienone is 1. The van der Waals surface area contributed by atoms with Crippen molar-refractivity contribution in [1.29, 1.82) is 0 Å². The molecule has 0 radical (unpaired) electrons. The van der Waals surface area contributed by atoms with E-state index in [0.717, 1.165) is 12.8 Å². The van der Waals surface area contributed by atoms with Gasteiger partial charge in [0.15, 0.2) is 5.78 Å². The summed E-state index contributed by atoms with van der Waals surface area (Å²) >= 11 is 2.03. The molecule has 0 bridgehead atoms. The van der Waals surface area contributed by atoms with Crippen molar-refractivity contribution >= 4 is 28.4 Å². The first-order valence-corrected chi connectivity index (χ1v) is 6.85. The van der Waals surface area contributed by atoms with E-state index in [-0.39, 0.29) is 17.8 Å². The third-order valence-corrected chi connectivity index (χ3v) is 3.90. The summed E-state index contributed by atoms with van der Waals surface area (Å²) in [5.41, 5.74) is 1.29. The van der Waals surface area contributed by atoms with E-state index in [1.807, 2.05) is 47.7 Å². The van der Waals surface area contributed by atoms with E-state index in [4.69, 9.17) is 4.74 Å². The Balaban J connectivity index is 1.95. The average molecular weight is 342 g/mol. The number of carbonyl (C=O) groups excluding carboxylic acids is 1. The molecule has 0 aromatic heterocycles. The molecule has 1 aliphatic rings. The van der Waals surface area contributed by atoms with E-state index in [9.17, 15) is 4.79 Å². The smallest absolute Gasteiger partial charge is 0.178 e. The van der Waals surface area contributed by atoms with Gasteiger partial charge in [0.25, 0.3) is 0 Å². The molecule has 0 saturated heterocycles. The second kappa shape index (κ2) is 5.67. The summed E-state index contributed by atoms with van der Waals surface area (Å²) in [5, 5.41) is 0. The molecule has 0 N–H and O–H groups in total. The van der Waals surface area contributed by atoms with Gasteiger partial charge in [-0.1, -0.05) is 37.3 Å². The molecule has 17 heavy (non-hydrogen) atoms. The van der Waals surface area contributed by atoms with Crippen LogP contribution in [0.5, 0.6) is 0 Å². The molecular formula is C14H15IO2. The third kappa shape index (κ3) is 3.09. The SMILES string of the molecule is C[C@H]1C(=O)C(I)=CO[C@H]1CCc1ccccc1. The second-order valence-electron chi connectivity index (χ2n) is 4.32. The van der Waals surface area contributed by atoms with Crippen molar-refractivity contribution in [2.24, 2.45) is 5.92 Å². The van der Waals surface area contributed by atoms with Crippen LogP contribution in [-0.4, -0.2) is 11.9 Å². The number of ether oxygens (including phenoxy) is 1. The molecule has 0 unspecified atom stereocenters. The van der Waals surface area contributed by atoms with E-state index in [1.165, 1.54) is 5.56 Å². The van der Waals surface area contributed by atoms with Crippen LogP contribution in [0, 0.1) is 5.92 Å². The summed E-state index contributed by atoms with van der Waals surface area (Å²) in [4.78, 5) is 11.8. The number of benzene rings is 1. The largest absolute Gasteiger partial charge is 0.496 e. The van der Waals surface area contributed by atoms with Crippen LogP contribution in [0.2, 0.25) is 0 Å². The molecule has 0 aliphatic carbocycles. The molecule has 2 nitrogen and oxygen atoms in total. The minimum atomic E-state index is -0.0318. The first-order valence-electron chi connectivity index (χ1n) is 5.78. The quantitative estimate of drug-likeness (QED) is 0.786. The Hall–Kier alpha value is -0.840. The molecule has 2 rings (SSSR count). The highest BCUT2D eigenvalue weighted by molar-refractivity contribution is 14.1. The van der Waals surface area contributed by atoms with Gasteiger partial charge in [0.05, 0.1) is 9.50 Å². The number of ketones is 1. The maximum absolute atomic E-state index is 11.8. The van der Waals surface area contributed by atoms with Gasteiger partial charge in [-0.2, -0.15) is 0 Å². The molecule has 0 saturated carbocycles. The lowest BCUT2D eigenvalue weighted by Gasteiger charge is -2.26. The van der Waals surface area contributed by atoms with Gasteiger partial charge in [-0.15, -0.1) is 0 Å². The third-order valence-electron chi connectivity index (χ3n) is 3.11. The fourth-order valence-corrected chi connectivity index (χ4v) is 2.62. The van der Waals surface area contributed by atoms with E-state index in [1.54, 1.807) is 6.26 Å². The standard InChI is InChI=1S/C14H15IO2/c1-10-13(17-9-12(15)14(10)16)8-7-11-5-3-2-4-6-11/h2-6,9-10,13H,7-8H2,1H3/t10-,13+/m1/s1.